The van der Waals surface area contributed by atoms with Gasteiger partial charge < -0.3 is 10.5 Å². The maximum Gasteiger partial charge on any atom is 0.409 e. The van der Waals surface area contributed by atoms with Gasteiger partial charge in [-0.1, -0.05) is 0 Å². The van der Waals surface area contributed by atoms with E-state index in [1.165, 1.54) is 4.90 Å². The summed E-state index contributed by atoms with van der Waals surface area (Å²) in [6.07, 6.45) is 1.24. The molecule has 14 heavy (non-hydrogen) atoms. The van der Waals surface area contributed by atoms with Crippen molar-refractivity contribution in [1.29, 1.82) is 0 Å². The van der Waals surface area contributed by atoms with E-state index in [-0.39, 0.29) is 0 Å². The summed E-state index contributed by atoms with van der Waals surface area (Å²) < 4.78 is 4.80. The summed E-state index contributed by atoms with van der Waals surface area (Å²) in [7, 11) is 0. The van der Waals surface area contributed by atoms with Crippen LogP contribution in [0.1, 0.15) is 11.1 Å². The molecule has 76 valence electrons. The zero-order valence-corrected chi connectivity index (χ0v) is 9.27. The van der Waals surface area contributed by atoms with Crippen LogP contribution in [-0.2, 0) is 0 Å². The molecule has 1 rings (SSSR count). The number of rotatable bonds is 2. The van der Waals surface area contributed by atoms with Gasteiger partial charge in [0.25, 0.3) is 0 Å². The normalized spacial score (nSPS) is 9.93. The second-order valence-electron chi connectivity index (χ2n) is 3.01. The van der Waals surface area contributed by atoms with Crippen molar-refractivity contribution in [2.24, 2.45) is 5.73 Å². The molecule has 0 bridgehead atoms. The lowest BCUT2D eigenvalue weighted by molar-refractivity contribution is 0.211. The predicted molar refractivity (Wildman–Crippen MR) is 57.9 cm³/mol. The van der Waals surface area contributed by atoms with Gasteiger partial charge in [-0.2, -0.15) is 0 Å². The van der Waals surface area contributed by atoms with Crippen molar-refractivity contribution in [2.45, 2.75) is 18.7 Å². The van der Waals surface area contributed by atoms with Crippen molar-refractivity contribution in [1.82, 2.24) is 0 Å². The quantitative estimate of drug-likeness (QED) is 0.764. The number of thioether (sulfide) groups is 1. The van der Waals surface area contributed by atoms with Crippen molar-refractivity contribution in [3.05, 3.63) is 23.3 Å². The molecule has 3 nitrogen and oxygen atoms in total. The second-order valence-corrected chi connectivity index (χ2v) is 3.83. The van der Waals surface area contributed by atoms with Crippen LogP contribution in [0, 0.1) is 13.8 Å². The molecule has 1 amide bonds. The van der Waals surface area contributed by atoms with E-state index >= 15 is 0 Å². The van der Waals surface area contributed by atoms with E-state index in [0.29, 0.717) is 5.75 Å². The zero-order valence-electron chi connectivity index (χ0n) is 8.46. The Labute approximate surface area is 87.6 Å². The number of primary amides is 1. The lowest BCUT2D eigenvalue weighted by Gasteiger charge is -2.09. The number of carbonyl (C=O) groups is 1. The van der Waals surface area contributed by atoms with Crippen molar-refractivity contribution < 1.29 is 9.53 Å². The van der Waals surface area contributed by atoms with Gasteiger partial charge in [-0.15, -0.1) is 11.8 Å². The average molecular weight is 211 g/mol. The fourth-order valence-corrected chi connectivity index (χ4v) is 2.17. The van der Waals surface area contributed by atoms with Crippen LogP contribution >= 0.6 is 11.8 Å². The third kappa shape index (κ3) is 2.42. The van der Waals surface area contributed by atoms with E-state index in [1.807, 2.05) is 32.2 Å². The van der Waals surface area contributed by atoms with Gasteiger partial charge in [-0.3, -0.25) is 0 Å². The number of hydrogen-bond donors (Lipinski definition) is 1. The second kappa shape index (κ2) is 4.37. The van der Waals surface area contributed by atoms with E-state index in [1.54, 1.807) is 11.8 Å². The van der Waals surface area contributed by atoms with Gasteiger partial charge in [-0.25, -0.2) is 4.79 Å². The molecule has 0 fully saturated rings. The first-order valence-electron chi connectivity index (χ1n) is 4.17. The van der Waals surface area contributed by atoms with E-state index in [4.69, 9.17) is 10.5 Å². The highest BCUT2D eigenvalue weighted by Gasteiger charge is 2.06. The predicted octanol–water partition coefficient (Wildman–Crippen LogP) is 2.48. The van der Waals surface area contributed by atoms with Crippen LogP contribution < -0.4 is 10.5 Å². The Kier molecular flexibility index (Phi) is 3.41. The molecule has 2 N–H and O–H groups in total. The summed E-state index contributed by atoms with van der Waals surface area (Å²) in [5.74, 6) is 0.505. The highest BCUT2D eigenvalue weighted by atomic mass is 32.2. The molecular weight excluding hydrogens is 198 g/mol. The molecule has 1 aromatic carbocycles. The SMILES string of the molecule is CSc1c(C)cc(OC(N)=O)cc1C. The van der Waals surface area contributed by atoms with E-state index in [0.717, 1.165) is 11.1 Å². The Hall–Kier alpha value is -1.16. The molecule has 0 aliphatic carbocycles. The van der Waals surface area contributed by atoms with Crippen molar-refractivity contribution in [3.8, 4) is 5.75 Å². The fourth-order valence-electron chi connectivity index (χ4n) is 1.41. The fraction of sp³-hybridized carbons (Fsp3) is 0.300. The van der Waals surface area contributed by atoms with E-state index in [2.05, 4.69) is 0 Å². The molecule has 0 spiro atoms. The molecule has 0 saturated carbocycles. The molecule has 0 unspecified atom stereocenters. The van der Waals surface area contributed by atoms with Gasteiger partial charge in [0.1, 0.15) is 5.75 Å². The Balaban J connectivity index is 3.07. The van der Waals surface area contributed by atoms with Gasteiger partial charge >= 0.3 is 6.09 Å². The lowest BCUT2D eigenvalue weighted by atomic mass is 10.1. The van der Waals surface area contributed by atoms with Crippen molar-refractivity contribution >= 4 is 17.9 Å². The number of amides is 1. The van der Waals surface area contributed by atoms with Gasteiger partial charge in [0.15, 0.2) is 0 Å². The summed E-state index contributed by atoms with van der Waals surface area (Å²) in [4.78, 5) is 11.8. The topological polar surface area (TPSA) is 52.3 Å². The van der Waals surface area contributed by atoms with Crippen LogP contribution in [0.25, 0.3) is 0 Å². The van der Waals surface area contributed by atoms with Crippen LogP contribution in [0.15, 0.2) is 17.0 Å². The van der Waals surface area contributed by atoms with Gasteiger partial charge in [0.2, 0.25) is 0 Å². The van der Waals surface area contributed by atoms with Gasteiger partial charge in [0.05, 0.1) is 0 Å². The number of nitrogens with two attached hydrogens (primary N) is 1. The third-order valence-corrected chi connectivity index (χ3v) is 2.91. The Morgan fingerprint density at radius 2 is 1.86 bits per heavy atom. The van der Waals surface area contributed by atoms with Gasteiger partial charge in [0, 0.05) is 4.90 Å². The minimum Gasteiger partial charge on any atom is -0.410 e. The summed E-state index contributed by atoms with van der Waals surface area (Å²) in [6, 6.07) is 3.62. The summed E-state index contributed by atoms with van der Waals surface area (Å²) in [5.41, 5.74) is 7.11. The lowest BCUT2D eigenvalue weighted by Crippen LogP contribution is -2.16. The highest BCUT2D eigenvalue weighted by molar-refractivity contribution is 7.98. The Bertz CT molecular complexity index is 340. The smallest absolute Gasteiger partial charge is 0.409 e. The molecule has 0 aliphatic heterocycles. The average Bonchev–Trinajstić information content (AvgIpc) is 2.01. The summed E-state index contributed by atoms with van der Waals surface area (Å²) >= 11 is 1.68. The Morgan fingerprint density at radius 1 is 1.36 bits per heavy atom. The van der Waals surface area contributed by atoms with E-state index in [9.17, 15) is 4.79 Å². The molecule has 0 saturated heterocycles. The van der Waals surface area contributed by atoms with Crippen molar-refractivity contribution in [3.63, 3.8) is 0 Å². The van der Waals surface area contributed by atoms with Crippen LogP contribution in [0.2, 0.25) is 0 Å². The molecule has 0 aliphatic rings. The molecule has 1 aromatic rings. The van der Waals surface area contributed by atoms with Crippen LogP contribution in [-0.4, -0.2) is 12.3 Å². The molecular formula is C10H13NO2S. The molecule has 0 atom stereocenters. The summed E-state index contributed by atoms with van der Waals surface area (Å²) in [6.45, 7) is 3.96. The highest BCUT2D eigenvalue weighted by Crippen LogP contribution is 2.28. The van der Waals surface area contributed by atoms with Crippen LogP contribution in [0.4, 0.5) is 4.79 Å². The number of aryl methyl sites for hydroxylation is 2. The minimum absolute atomic E-state index is 0.505. The van der Waals surface area contributed by atoms with Crippen LogP contribution in [0.5, 0.6) is 5.75 Å². The first kappa shape index (κ1) is 10.9. The minimum atomic E-state index is -0.777. The molecule has 0 heterocycles. The first-order chi connectivity index (χ1) is 6.54. The van der Waals surface area contributed by atoms with Crippen LogP contribution in [0.3, 0.4) is 0 Å². The molecule has 0 aromatic heterocycles. The monoisotopic (exact) mass is 211 g/mol. The largest absolute Gasteiger partial charge is 0.410 e. The van der Waals surface area contributed by atoms with E-state index < -0.39 is 6.09 Å². The van der Waals surface area contributed by atoms with Gasteiger partial charge in [-0.05, 0) is 43.4 Å². The summed E-state index contributed by atoms with van der Waals surface area (Å²) in [5, 5.41) is 0. The maximum absolute atomic E-state index is 10.5. The number of carbonyl (C=O) groups excluding carboxylic acids is 1. The third-order valence-electron chi connectivity index (χ3n) is 1.86. The maximum atomic E-state index is 10.5. The molecule has 4 heteroatoms. The number of ether oxygens (including phenoxy) is 1. The number of hydrogen-bond acceptors (Lipinski definition) is 3. The molecule has 0 radical (unpaired) electrons. The standard InChI is InChI=1S/C10H13NO2S/c1-6-4-8(13-10(11)12)5-7(2)9(6)14-3/h4-5H,1-3H3,(H2,11,12). The Morgan fingerprint density at radius 3 is 2.21 bits per heavy atom. The van der Waals surface area contributed by atoms with Crippen molar-refractivity contribution in [2.75, 3.05) is 6.26 Å². The first-order valence-corrected chi connectivity index (χ1v) is 5.39. The number of benzene rings is 1. The zero-order chi connectivity index (χ0) is 10.7.